The van der Waals surface area contributed by atoms with Crippen LogP contribution < -0.4 is 0 Å². The fourth-order valence-corrected chi connectivity index (χ4v) is 1.70. The van der Waals surface area contributed by atoms with Gasteiger partial charge in [-0.15, -0.1) is 0 Å². The lowest BCUT2D eigenvalue weighted by Crippen LogP contribution is -1.99. The molecule has 5 nitrogen and oxygen atoms in total. The average molecular weight is 241 g/mol. The SMILES string of the molecule is OC(c1ccccc1)c1nc(-c2ccc[nH]2)no1. The second kappa shape index (κ2) is 4.46. The van der Waals surface area contributed by atoms with Gasteiger partial charge in [-0.1, -0.05) is 35.5 Å². The molecule has 2 aromatic heterocycles. The maximum absolute atomic E-state index is 10.1. The van der Waals surface area contributed by atoms with Crippen LogP contribution in [0.15, 0.2) is 53.2 Å². The van der Waals surface area contributed by atoms with Crippen molar-refractivity contribution in [1.82, 2.24) is 15.1 Å². The first kappa shape index (κ1) is 10.7. The van der Waals surface area contributed by atoms with Crippen LogP contribution in [0.1, 0.15) is 17.6 Å². The molecule has 3 aromatic rings. The van der Waals surface area contributed by atoms with E-state index in [0.29, 0.717) is 5.82 Å². The highest BCUT2D eigenvalue weighted by Gasteiger charge is 2.18. The zero-order valence-electron chi connectivity index (χ0n) is 9.45. The number of aliphatic hydroxyl groups excluding tert-OH is 1. The van der Waals surface area contributed by atoms with Gasteiger partial charge in [0, 0.05) is 6.20 Å². The first-order chi connectivity index (χ1) is 8.84. The van der Waals surface area contributed by atoms with Crippen molar-refractivity contribution in [2.45, 2.75) is 6.10 Å². The summed E-state index contributed by atoms with van der Waals surface area (Å²) in [6.45, 7) is 0. The smallest absolute Gasteiger partial charge is 0.260 e. The number of nitrogens with one attached hydrogen (secondary N) is 1. The summed E-state index contributed by atoms with van der Waals surface area (Å²) in [5.41, 5.74) is 1.48. The van der Waals surface area contributed by atoms with Crippen LogP contribution >= 0.6 is 0 Å². The molecule has 5 heteroatoms. The quantitative estimate of drug-likeness (QED) is 0.736. The third-order valence-corrected chi connectivity index (χ3v) is 2.63. The molecular weight excluding hydrogens is 230 g/mol. The summed E-state index contributed by atoms with van der Waals surface area (Å²) >= 11 is 0. The Morgan fingerprint density at radius 3 is 2.67 bits per heavy atom. The van der Waals surface area contributed by atoms with Gasteiger partial charge in [0.05, 0.1) is 5.69 Å². The zero-order valence-corrected chi connectivity index (χ0v) is 9.45. The Morgan fingerprint density at radius 1 is 1.11 bits per heavy atom. The number of rotatable bonds is 3. The van der Waals surface area contributed by atoms with E-state index in [9.17, 15) is 5.11 Å². The molecule has 0 radical (unpaired) electrons. The molecule has 0 spiro atoms. The van der Waals surface area contributed by atoms with Crippen LogP contribution in [0.25, 0.3) is 11.5 Å². The average Bonchev–Trinajstić information content (AvgIpc) is 3.09. The Kier molecular flexibility index (Phi) is 2.66. The van der Waals surface area contributed by atoms with Crippen molar-refractivity contribution in [2.75, 3.05) is 0 Å². The van der Waals surface area contributed by atoms with Crippen molar-refractivity contribution in [3.8, 4) is 11.5 Å². The van der Waals surface area contributed by atoms with Crippen LogP contribution in [0.2, 0.25) is 0 Å². The molecule has 0 saturated carbocycles. The molecule has 0 fully saturated rings. The first-order valence-corrected chi connectivity index (χ1v) is 5.55. The summed E-state index contributed by atoms with van der Waals surface area (Å²) in [6, 6.07) is 12.9. The van der Waals surface area contributed by atoms with Gasteiger partial charge in [0.25, 0.3) is 5.89 Å². The van der Waals surface area contributed by atoms with E-state index in [1.165, 1.54) is 0 Å². The fourth-order valence-electron chi connectivity index (χ4n) is 1.70. The lowest BCUT2D eigenvalue weighted by Gasteiger charge is -2.04. The molecule has 0 saturated heterocycles. The number of hydrogen-bond donors (Lipinski definition) is 2. The number of aromatic nitrogens is 3. The Morgan fingerprint density at radius 2 is 1.94 bits per heavy atom. The van der Waals surface area contributed by atoms with Crippen molar-refractivity contribution < 1.29 is 9.63 Å². The van der Waals surface area contributed by atoms with Gasteiger partial charge in [-0.25, -0.2) is 0 Å². The van der Waals surface area contributed by atoms with Crippen LogP contribution in [0.4, 0.5) is 0 Å². The third kappa shape index (κ3) is 1.91. The fraction of sp³-hybridized carbons (Fsp3) is 0.0769. The van der Waals surface area contributed by atoms with Crippen molar-refractivity contribution >= 4 is 0 Å². The Labute approximate surface area is 103 Å². The highest BCUT2D eigenvalue weighted by Crippen LogP contribution is 2.22. The molecule has 2 heterocycles. The van der Waals surface area contributed by atoms with Gasteiger partial charge in [0.1, 0.15) is 0 Å². The van der Waals surface area contributed by atoms with E-state index >= 15 is 0 Å². The van der Waals surface area contributed by atoms with Crippen LogP contribution in [0.5, 0.6) is 0 Å². The molecule has 0 amide bonds. The van der Waals surface area contributed by atoms with Crippen LogP contribution in [-0.2, 0) is 0 Å². The highest BCUT2D eigenvalue weighted by atomic mass is 16.5. The predicted molar refractivity (Wildman–Crippen MR) is 64.6 cm³/mol. The summed E-state index contributed by atoms with van der Waals surface area (Å²) in [5.74, 6) is 0.621. The molecule has 1 unspecified atom stereocenters. The number of aliphatic hydroxyl groups is 1. The maximum atomic E-state index is 10.1. The Hall–Kier alpha value is -2.40. The summed E-state index contributed by atoms with van der Waals surface area (Å²) in [7, 11) is 0. The lowest BCUT2D eigenvalue weighted by atomic mass is 10.1. The van der Waals surface area contributed by atoms with E-state index in [0.717, 1.165) is 11.3 Å². The third-order valence-electron chi connectivity index (χ3n) is 2.63. The molecule has 90 valence electrons. The van der Waals surface area contributed by atoms with Gasteiger partial charge < -0.3 is 14.6 Å². The molecular formula is C13H11N3O2. The number of aromatic amines is 1. The second-order valence-corrected chi connectivity index (χ2v) is 3.85. The first-order valence-electron chi connectivity index (χ1n) is 5.55. The van der Waals surface area contributed by atoms with E-state index in [-0.39, 0.29) is 5.89 Å². The predicted octanol–water partition coefficient (Wildman–Crippen LogP) is 2.15. The van der Waals surface area contributed by atoms with Crippen molar-refractivity contribution in [3.05, 3.63) is 60.1 Å². The van der Waals surface area contributed by atoms with Crippen molar-refractivity contribution in [1.29, 1.82) is 0 Å². The summed E-state index contributed by atoms with van der Waals surface area (Å²) < 4.78 is 5.07. The molecule has 0 aliphatic rings. The van der Waals surface area contributed by atoms with Gasteiger partial charge in [-0.2, -0.15) is 4.98 Å². The topological polar surface area (TPSA) is 74.9 Å². The molecule has 0 aliphatic carbocycles. The minimum atomic E-state index is -0.901. The van der Waals surface area contributed by atoms with Crippen LogP contribution in [0.3, 0.4) is 0 Å². The second-order valence-electron chi connectivity index (χ2n) is 3.85. The van der Waals surface area contributed by atoms with Gasteiger partial charge in [0.2, 0.25) is 5.82 Å². The molecule has 3 rings (SSSR count). The minimum absolute atomic E-state index is 0.186. The molecule has 1 atom stereocenters. The normalized spacial score (nSPS) is 12.5. The summed E-state index contributed by atoms with van der Waals surface area (Å²) in [4.78, 5) is 7.15. The highest BCUT2D eigenvalue weighted by molar-refractivity contribution is 5.48. The number of H-pyrrole nitrogens is 1. The van der Waals surface area contributed by atoms with E-state index in [4.69, 9.17) is 4.52 Å². The van der Waals surface area contributed by atoms with Crippen molar-refractivity contribution in [2.24, 2.45) is 0 Å². The van der Waals surface area contributed by atoms with Crippen molar-refractivity contribution in [3.63, 3.8) is 0 Å². The van der Waals surface area contributed by atoms with E-state index in [2.05, 4.69) is 15.1 Å². The number of nitrogens with zero attached hydrogens (tertiary/aromatic N) is 2. The number of benzene rings is 1. The molecule has 2 N–H and O–H groups in total. The molecule has 1 aromatic carbocycles. The van der Waals surface area contributed by atoms with Crippen LogP contribution in [0, 0.1) is 0 Å². The summed E-state index contributed by atoms with van der Waals surface area (Å²) in [6.07, 6.45) is 0.876. The minimum Gasteiger partial charge on any atom is -0.378 e. The lowest BCUT2D eigenvalue weighted by molar-refractivity contribution is 0.170. The zero-order chi connectivity index (χ0) is 12.4. The van der Waals surface area contributed by atoms with Crippen LogP contribution in [-0.4, -0.2) is 20.2 Å². The molecule has 0 aliphatic heterocycles. The van der Waals surface area contributed by atoms with Gasteiger partial charge in [0.15, 0.2) is 6.10 Å². The summed E-state index contributed by atoms with van der Waals surface area (Å²) in [5, 5.41) is 13.9. The Bertz CT molecular complexity index is 617. The van der Waals surface area contributed by atoms with E-state index in [1.807, 2.05) is 42.5 Å². The van der Waals surface area contributed by atoms with E-state index in [1.54, 1.807) is 6.20 Å². The van der Waals surface area contributed by atoms with E-state index < -0.39 is 6.10 Å². The standard InChI is InChI=1S/C13H11N3O2/c17-11(9-5-2-1-3-6-9)13-15-12(16-18-13)10-7-4-8-14-10/h1-8,11,14,17H. The Balaban J connectivity index is 1.90. The molecule has 18 heavy (non-hydrogen) atoms. The van der Waals surface area contributed by atoms with Gasteiger partial charge in [-0.05, 0) is 17.7 Å². The monoisotopic (exact) mass is 241 g/mol. The maximum Gasteiger partial charge on any atom is 0.260 e. The largest absolute Gasteiger partial charge is 0.378 e. The molecule has 0 bridgehead atoms. The van der Waals surface area contributed by atoms with Gasteiger partial charge in [-0.3, -0.25) is 0 Å². The number of hydrogen-bond acceptors (Lipinski definition) is 4. The van der Waals surface area contributed by atoms with Gasteiger partial charge >= 0.3 is 0 Å².